The summed E-state index contributed by atoms with van der Waals surface area (Å²) in [5.41, 5.74) is 3.19. The van der Waals surface area contributed by atoms with E-state index in [9.17, 15) is 9.59 Å². The van der Waals surface area contributed by atoms with E-state index in [0.29, 0.717) is 14.4 Å². The van der Waals surface area contributed by atoms with Crippen molar-refractivity contribution >= 4 is 62.7 Å². The molecule has 1 aliphatic rings. The smallest absolute Gasteiger partial charge is 0.266 e. The lowest BCUT2D eigenvalue weighted by Crippen LogP contribution is -2.31. The number of thiazole rings is 1. The molecule has 5 nitrogen and oxygen atoms in total. The normalized spacial score (nSPS) is 15.1. The van der Waals surface area contributed by atoms with E-state index in [2.05, 4.69) is 22.4 Å². The number of nitrogens with one attached hydrogen (secondary N) is 1. The predicted octanol–water partition coefficient (Wildman–Crippen LogP) is 5.04. The van der Waals surface area contributed by atoms with Crippen molar-refractivity contribution in [2.45, 2.75) is 6.42 Å². The number of thioether (sulfide) groups is 1. The number of anilines is 1. The Hall–Kier alpha value is -2.81. The van der Waals surface area contributed by atoms with Crippen LogP contribution in [0.1, 0.15) is 12.0 Å². The van der Waals surface area contributed by atoms with Crippen molar-refractivity contribution in [3.05, 3.63) is 76.6 Å². The summed E-state index contributed by atoms with van der Waals surface area (Å²) < 4.78 is 0.467. The summed E-state index contributed by atoms with van der Waals surface area (Å²) in [6.07, 6.45) is 3.62. The predicted molar refractivity (Wildman–Crippen MR) is 127 cm³/mol. The molecule has 0 spiro atoms. The average Bonchev–Trinajstić information content (AvgIpc) is 3.36. The van der Waals surface area contributed by atoms with E-state index in [0.717, 1.165) is 16.7 Å². The van der Waals surface area contributed by atoms with E-state index in [1.807, 2.05) is 48.5 Å². The first-order valence-corrected chi connectivity index (χ1v) is 11.3. The SMILES string of the molecule is O=C(CCN1C(=O)/C(=C/c2ccc(-c3ccccc3)cc2)SC1=S)Nc1nccs1. The molecule has 1 fully saturated rings. The fourth-order valence-electron chi connectivity index (χ4n) is 2.93. The maximum absolute atomic E-state index is 12.7. The maximum Gasteiger partial charge on any atom is 0.266 e. The number of carbonyl (C=O) groups is 2. The summed E-state index contributed by atoms with van der Waals surface area (Å²) in [4.78, 5) is 30.9. The molecule has 1 saturated heterocycles. The maximum atomic E-state index is 12.7. The first-order chi connectivity index (χ1) is 14.6. The number of rotatable bonds is 6. The van der Waals surface area contributed by atoms with Crippen molar-refractivity contribution in [3.8, 4) is 11.1 Å². The van der Waals surface area contributed by atoms with Crippen LogP contribution in [-0.4, -0.2) is 32.6 Å². The molecule has 1 N–H and O–H groups in total. The van der Waals surface area contributed by atoms with Crippen LogP contribution in [0.4, 0.5) is 5.13 Å². The molecule has 30 heavy (non-hydrogen) atoms. The molecule has 1 aromatic heterocycles. The number of benzene rings is 2. The van der Waals surface area contributed by atoms with E-state index in [1.165, 1.54) is 28.0 Å². The number of carbonyl (C=O) groups excluding carboxylic acids is 2. The highest BCUT2D eigenvalue weighted by Gasteiger charge is 2.32. The van der Waals surface area contributed by atoms with Gasteiger partial charge in [0.05, 0.1) is 4.91 Å². The minimum Gasteiger partial charge on any atom is -0.302 e. The third kappa shape index (κ3) is 4.84. The molecule has 0 radical (unpaired) electrons. The van der Waals surface area contributed by atoms with Crippen molar-refractivity contribution in [1.29, 1.82) is 0 Å². The van der Waals surface area contributed by atoms with Crippen molar-refractivity contribution in [2.24, 2.45) is 0 Å². The molecular formula is C22H17N3O2S3. The average molecular weight is 452 g/mol. The highest BCUT2D eigenvalue weighted by atomic mass is 32.2. The molecule has 2 heterocycles. The fraction of sp³-hybridized carbons (Fsp3) is 0.0909. The Morgan fingerprint density at radius 2 is 1.83 bits per heavy atom. The van der Waals surface area contributed by atoms with Gasteiger partial charge in [-0.05, 0) is 22.8 Å². The van der Waals surface area contributed by atoms with E-state index in [4.69, 9.17) is 12.2 Å². The molecule has 0 saturated carbocycles. The van der Waals surface area contributed by atoms with Gasteiger partial charge in [0.2, 0.25) is 5.91 Å². The molecule has 2 aromatic carbocycles. The summed E-state index contributed by atoms with van der Waals surface area (Å²) in [5.74, 6) is -0.362. The highest BCUT2D eigenvalue weighted by Crippen LogP contribution is 2.33. The van der Waals surface area contributed by atoms with Crippen LogP contribution in [0.5, 0.6) is 0 Å². The molecule has 0 bridgehead atoms. The van der Waals surface area contributed by atoms with Gasteiger partial charge >= 0.3 is 0 Å². The third-order valence-corrected chi connectivity index (χ3v) is 6.50. The molecule has 0 unspecified atom stereocenters. The van der Waals surface area contributed by atoms with Crippen molar-refractivity contribution in [2.75, 3.05) is 11.9 Å². The topological polar surface area (TPSA) is 62.3 Å². The number of hydrogen-bond donors (Lipinski definition) is 1. The molecule has 8 heteroatoms. The summed E-state index contributed by atoms with van der Waals surface area (Å²) in [6.45, 7) is 0.242. The van der Waals surface area contributed by atoms with Gasteiger partial charge in [0.25, 0.3) is 5.91 Å². The minimum atomic E-state index is -0.195. The van der Waals surface area contributed by atoms with E-state index >= 15 is 0 Å². The highest BCUT2D eigenvalue weighted by molar-refractivity contribution is 8.26. The van der Waals surface area contributed by atoms with E-state index in [-0.39, 0.29) is 24.8 Å². The van der Waals surface area contributed by atoms with Gasteiger partial charge in [0.15, 0.2) is 5.13 Å². The Labute approximate surface area is 187 Å². The summed E-state index contributed by atoms with van der Waals surface area (Å²) in [6, 6.07) is 18.2. The number of amides is 2. The van der Waals surface area contributed by atoms with Gasteiger partial charge in [0, 0.05) is 24.5 Å². The van der Waals surface area contributed by atoms with Crippen molar-refractivity contribution < 1.29 is 9.59 Å². The summed E-state index contributed by atoms with van der Waals surface area (Å²) in [5, 5.41) is 5.04. The van der Waals surface area contributed by atoms with Crippen LogP contribution in [0.15, 0.2) is 71.1 Å². The zero-order valence-electron chi connectivity index (χ0n) is 15.8. The van der Waals surface area contributed by atoms with Crippen molar-refractivity contribution in [1.82, 2.24) is 9.88 Å². The van der Waals surface area contributed by atoms with Crippen LogP contribution in [0, 0.1) is 0 Å². The second kappa shape index (κ2) is 9.34. The Kier molecular flexibility index (Phi) is 6.37. The van der Waals surface area contributed by atoms with Gasteiger partial charge in [-0.1, -0.05) is 78.6 Å². The zero-order valence-corrected chi connectivity index (χ0v) is 18.2. The Morgan fingerprint density at radius 3 is 2.53 bits per heavy atom. The molecule has 0 atom stereocenters. The Morgan fingerprint density at radius 1 is 1.10 bits per heavy atom. The Bertz CT molecular complexity index is 1090. The Balaban J connectivity index is 1.39. The zero-order chi connectivity index (χ0) is 20.9. The van der Waals surface area contributed by atoms with Crippen LogP contribution in [-0.2, 0) is 9.59 Å². The van der Waals surface area contributed by atoms with Gasteiger partial charge < -0.3 is 5.32 Å². The fourth-order valence-corrected chi connectivity index (χ4v) is 4.78. The van der Waals surface area contributed by atoms with Crippen LogP contribution < -0.4 is 5.32 Å². The largest absolute Gasteiger partial charge is 0.302 e. The summed E-state index contributed by atoms with van der Waals surface area (Å²) in [7, 11) is 0. The van der Waals surface area contributed by atoms with Gasteiger partial charge in [-0.15, -0.1) is 11.3 Å². The molecule has 2 amide bonds. The molecule has 4 rings (SSSR count). The van der Waals surface area contributed by atoms with Crippen LogP contribution in [0.2, 0.25) is 0 Å². The number of nitrogens with zero attached hydrogens (tertiary/aromatic N) is 2. The first-order valence-electron chi connectivity index (χ1n) is 9.20. The van der Waals surface area contributed by atoms with Gasteiger partial charge in [0.1, 0.15) is 4.32 Å². The van der Waals surface area contributed by atoms with Crippen LogP contribution in [0.25, 0.3) is 17.2 Å². The van der Waals surface area contributed by atoms with E-state index < -0.39 is 0 Å². The van der Waals surface area contributed by atoms with Gasteiger partial charge in [-0.2, -0.15) is 0 Å². The van der Waals surface area contributed by atoms with Gasteiger partial charge in [-0.25, -0.2) is 4.98 Å². The third-order valence-electron chi connectivity index (χ3n) is 4.43. The van der Waals surface area contributed by atoms with Crippen LogP contribution in [0.3, 0.4) is 0 Å². The second-order valence-electron chi connectivity index (χ2n) is 6.46. The monoisotopic (exact) mass is 451 g/mol. The lowest BCUT2D eigenvalue weighted by molar-refractivity contribution is -0.122. The molecule has 1 aliphatic heterocycles. The quantitative estimate of drug-likeness (QED) is 0.420. The summed E-state index contributed by atoms with van der Waals surface area (Å²) >= 11 is 7.96. The van der Waals surface area contributed by atoms with Crippen molar-refractivity contribution in [3.63, 3.8) is 0 Å². The van der Waals surface area contributed by atoms with E-state index in [1.54, 1.807) is 11.6 Å². The number of aromatic nitrogens is 1. The lowest BCUT2D eigenvalue weighted by atomic mass is 10.0. The first kappa shape index (κ1) is 20.5. The molecule has 3 aromatic rings. The molecule has 150 valence electrons. The standard InChI is InChI=1S/C22H17N3O2S3/c26-19(24-21-23-11-13-29-21)10-12-25-20(27)18(30-22(25)28)14-15-6-8-17(9-7-15)16-4-2-1-3-5-16/h1-9,11,13-14H,10,12H2,(H,23,24,26)/b18-14-. The lowest BCUT2D eigenvalue weighted by Gasteiger charge is -2.13. The molecular weight excluding hydrogens is 434 g/mol. The second-order valence-corrected chi connectivity index (χ2v) is 9.03. The minimum absolute atomic E-state index is 0.158. The number of thiocarbonyl (C=S) groups is 1. The number of hydrogen-bond acceptors (Lipinski definition) is 6. The molecule has 0 aliphatic carbocycles. The van der Waals surface area contributed by atoms with Crippen LogP contribution >= 0.6 is 35.3 Å². The van der Waals surface area contributed by atoms with Gasteiger partial charge in [-0.3, -0.25) is 14.5 Å².